The first-order valence-corrected chi connectivity index (χ1v) is 6.79. The van der Waals surface area contributed by atoms with Crippen molar-refractivity contribution in [2.45, 2.75) is 44.4 Å². The van der Waals surface area contributed by atoms with Gasteiger partial charge in [-0.15, -0.1) is 0 Å². The Labute approximate surface area is 112 Å². The van der Waals surface area contributed by atoms with Crippen LogP contribution < -0.4 is 5.32 Å². The fraction of sp³-hybridized carbons (Fsp3) is 0.571. The highest BCUT2D eigenvalue weighted by molar-refractivity contribution is 6.31. The molecule has 2 rings (SSSR count). The zero-order valence-corrected chi connectivity index (χ0v) is 11.3. The van der Waals surface area contributed by atoms with Crippen LogP contribution in [0.2, 0.25) is 5.02 Å². The van der Waals surface area contributed by atoms with Gasteiger partial charge in [-0.1, -0.05) is 17.7 Å². The number of ether oxygens (including phenoxy) is 1. The maximum atomic E-state index is 12.9. The topological polar surface area (TPSA) is 21.3 Å². The molecule has 1 aliphatic rings. The molecule has 0 bridgehead atoms. The van der Waals surface area contributed by atoms with E-state index in [-0.39, 0.29) is 5.82 Å². The molecule has 0 atom stereocenters. The fourth-order valence-electron chi connectivity index (χ4n) is 2.36. The van der Waals surface area contributed by atoms with Gasteiger partial charge in [-0.3, -0.25) is 0 Å². The normalized spacial score (nSPS) is 24.2. The van der Waals surface area contributed by atoms with Gasteiger partial charge in [0.1, 0.15) is 5.82 Å². The minimum Gasteiger partial charge on any atom is -0.373 e. The Balaban J connectivity index is 1.81. The Morgan fingerprint density at radius 2 is 2.06 bits per heavy atom. The van der Waals surface area contributed by atoms with Crippen LogP contribution in [0.15, 0.2) is 18.2 Å². The summed E-state index contributed by atoms with van der Waals surface area (Å²) in [5.74, 6) is -0.307. The number of halogens is 2. The molecule has 0 aromatic heterocycles. The molecule has 0 unspecified atom stereocenters. The second-order valence-electron chi connectivity index (χ2n) is 4.81. The molecule has 2 nitrogen and oxygen atoms in total. The highest BCUT2D eigenvalue weighted by Crippen LogP contribution is 2.24. The van der Waals surface area contributed by atoms with Crippen LogP contribution >= 0.6 is 11.6 Å². The zero-order valence-electron chi connectivity index (χ0n) is 10.6. The summed E-state index contributed by atoms with van der Waals surface area (Å²) in [6.45, 7) is 0.466. The van der Waals surface area contributed by atoms with Crippen molar-refractivity contribution < 1.29 is 9.13 Å². The van der Waals surface area contributed by atoms with Crippen molar-refractivity contribution in [2.24, 2.45) is 0 Å². The molecule has 0 saturated heterocycles. The lowest BCUT2D eigenvalue weighted by molar-refractivity contribution is 0.0119. The molecule has 0 radical (unpaired) electrons. The van der Waals surface area contributed by atoms with Crippen molar-refractivity contribution in [3.05, 3.63) is 34.6 Å². The maximum absolute atomic E-state index is 12.9. The van der Waals surface area contributed by atoms with Gasteiger partial charge in [0.2, 0.25) is 0 Å². The van der Waals surface area contributed by atoms with Crippen LogP contribution in [0, 0.1) is 5.82 Å². The van der Waals surface area contributed by atoms with Crippen LogP contribution in [0.25, 0.3) is 0 Å². The van der Waals surface area contributed by atoms with Crippen molar-refractivity contribution in [1.82, 2.24) is 5.32 Å². The first-order chi connectivity index (χ1) is 8.69. The molecule has 4 heteroatoms. The minimum absolute atomic E-state index is 0.302. The summed E-state index contributed by atoms with van der Waals surface area (Å²) in [5.41, 5.74) is 0.855. The molecule has 1 fully saturated rings. The highest BCUT2D eigenvalue weighted by Gasteiger charge is 2.20. The van der Waals surface area contributed by atoms with Gasteiger partial charge in [0.15, 0.2) is 0 Å². The Bertz CT molecular complexity index is 391. The maximum Gasteiger partial charge on any atom is 0.124 e. The Kier molecular flexibility index (Phi) is 4.98. The SMILES string of the molecule is CNC1CCC(OCc2ccc(F)cc2Cl)CC1. The lowest BCUT2D eigenvalue weighted by Gasteiger charge is -2.28. The summed E-state index contributed by atoms with van der Waals surface area (Å²) in [7, 11) is 2.00. The van der Waals surface area contributed by atoms with E-state index in [4.69, 9.17) is 16.3 Å². The van der Waals surface area contributed by atoms with Gasteiger partial charge in [-0.05, 0) is 50.4 Å². The quantitative estimate of drug-likeness (QED) is 0.905. The smallest absolute Gasteiger partial charge is 0.124 e. The van der Waals surface area contributed by atoms with E-state index < -0.39 is 0 Å². The Morgan fingerprint density at radius 3 is 2.67 bits per heavy atom. The highest BCUT2D eigenvalue weighted by atomic mass is 35.5. The Morgan fingerprint density at radius 1 is 1.33 bits per heavy atom. The second-order valence-corrected chi connectivity index (χ2v) is 5.22. The number of rotatable bonds is 4. The molecule has 1 N–H and O–H groups in total. The van der Waals surface area contributed by atoms with E-state index in [0.717, 1.165) is 31.2 Å². The van der Waals surface area contributed by atoms with Crippen LogP contribution in [-0.4, -0.2) is 19.2 Å². The molecule has 0 spiro atoms. The molecule has 100 valence electrons. The standard InChI is InChI=1S/C14H19ClFNO/c1-17-12-4-6-13(7-5-12)18-9-10-2-3-11(16)8-14(10)15/h2-3,8,12-13,17H,4-7,9H2,1H3. The molecular weight excluding hydrogens is 253 g/mol. The van der Waals surface area contributed by atoms with Crippen molar-refractivity contribution in [1.29, 1.82) is 0 Å². The summed E-state index contributed by atoms with van der Waals surface area (Å²) in [5, 5.41) is 3.74. The van der Waals surface area contributed by atoms with Gasteiger partial charge < -0.3 is 10.1 Å². The third-order valence-corrected chi connectivity index (χ3v) is 3.92. The zero-order chi connectivity index (χ0) is 13.0. The molecule has 18 heavy (non-hydrogen) atoms. The van der Waals surface area contributed by atoms with Gasteiger partial charge in [-0.2, -0.15) is 0 Å². The molecule has 1 saturated carbocycles. The lowest BCUT2D eigenvalue weighted by atomic mass is 9.93. The monoisotopic (exact) mass is 271 g/mol. The average molecular weight is 272 g/mol. The van der Waals surface area contributed by atoms with E-state index in [1.807, 2.05) is 7.05 Å². The summed E-state index contributed by atoms with van der Waals surface area (Å²) >= 11 is 5.96. The van der Waals surface area contributed by atoms with E-state index in [0.29, 0.717) is 23.8 Å². The van der Waals surface area contributed by atoms with Gasteiger partial charge in [0, 0.05) is 11.1 Å². The van der Waals surface area contributed by atoms with Gasteiger partial charge in [0.05, 0.1) is 12.7 Å². The van der Waals surface area contributed by atoms with Crippen LogP contribution in [-0.2, 0) is 11.3 Å². The van der Waals surface area contributed by atoms with Crippen LogP contribution in [0.5, 0.6) is 0 Å². The number of nitrogens with one attached hydrogen (secondary N) is 1. The minimum atomic E-state index is -0.307. The van der Waals surface area contributed by atoms with E-state index in [9.17, 15) is 4.39 Å². The van der Waals surface area contributed by atoms with Gasteiger partial charge in [-0.25, -0.2) is 4.39 Å². The average Bonchev–Trinajstić information content (AvgIpc) is 2.38. The lowest BCUT2D eigenvalue weighted by Crippen LogP contribution is -2.32. The van der Waals surface area contributed by atoms with Crippen molar-refractivity contribution in [3.63, 3.8) is 0 Å². The van der Waals surface area contributed by atoms with Crippen LogP contribution in [0.3, 0.4) is 0 Å². The largest absolute Gasteiger partial charge is 0.373 e. The first-order valence-electron chi connectivity index (χ1n) is 6.42. The summed E-state index contributed by atoms with van der Waals surface area (Å²) in [6, 6.07) is 5.07. The van der Waals surface area contributed by atoms with Crippen molar-refractivity contribution >= 4 is 11.6 Å². The van der Waals surface area contributed by atoms with Crippen molar-refractivity contribution in [3.8, 4) is 0 Å². The number of benzene rings is 1. The van der Waals surface area contributed by atoms with Crippen molar-refractivity contribution in [2.75, 3.05) is 7.05 Å². The molecule has 1 aromatic rings. The molecule has 1 aromatic carbocycles. The molecular formula is C14H19ClFNO. The summed E-state index contributed by atoms with van der Waals surface area (Å²) < 4.78 is 18.7. The van der Waals surface area contributed by atoms with E-state index >= 15 is 0 Å². The summed E-state index contributed by atoms with van der Waals surface area (Å²) in [6.07, 6.45) is 4.75. The third kappa shape index (κ3) is 3.67. The number of hydrogen-bond acceptors (Lipinski definition) is 2. The van der Waals surface area contributed by atoms with E-state index in [1.165, 1.54) is 12.1 Å². The molecule has 0 aliphatic heterocycles. The number of hydrogen-bond donors (Lipinski definition) is 1. The van der Waals surface area contributed by atoms with E-state index in [1.54, 1.807) is 6.07 Å². The predicted octanol–water partition coefficient (Wildman–Crippen LogP) is 3.53. The predicted molar refractivity (Wildman–Crippen MR) is 71.3 cm³/mol. The third-order valence-electron chi connectivity index (χ3n) is 3.57. The first kappa shape index (κ1) is 13.8. The van der Waals surface area contributed by atoms with Gasteiger partial charge in [0.25, 0.3) is 0 Å². The van der Waals surface area contributed by atoms with Crippen LogP contribution in [0.1, 0.15) is 31.2 Å². The fourth-order valence-corrected chi connectivity index (χ4v) is 2.59. The van der Waals surface area contributed by atoms with Crippen LogP contribution in [0.4, 0.5) is 4.39 Å². The van der Waals surface area contributed by atoms with E-state index in [2.05, 4.69) is 5.32 Å². The second kappa shape index (κ2) is 6.50. The molecule has 1 aliphatic carbocycles. The Hall–Kier alpha value is -0.640. The van der Waals surface area contributed by atoms with Gasteiger partial charge >= 0.3 is 0 Å². The molecule has 0 heterocycles. The summed E-state index contributed by atoms with van der Waals surface area (Å²) in [4.78, 5) is 0. The molecule has 0 amide bonds.